The highest BCUT2D eigenvalue weighted by molar-refractivity contribution is 6.30. The fourth-order valence-corrected chi connectivity index (χ4v) is 4.54. The van der Waals surface area contributed by atoms with Gasteiger partial charge in [0.1, 0.15) is 11.3 Å². The van der Waals surface area contributed by atoms with E-state index in [9.17, 15) is 9.59 Å². The number of hydrogen-bond donors (Lipinski definition) is 0. The maximum atomic E-state index is 13.8. The minimum atomic E-state index is -0.599. The van der Waals surface area contributed by atoms with Gasteiger partial charge in [0.15, 0.2) is 0 Å². The molecule has 0 amide bonds. The molecule has 4 aromatic rings. The molecule has 37 heavy (non-hydrogen) atoms. The van der Waals surface area contributed by atoms with Crippen LogP contribution in [0.15, 0.2) is 84.9 Å². The number of rotatable bonds is 8. The highest BCUT2D eigenvalue weighted by Gasteiger charge is 2.34. The van der Waals surface area contributed by atoms with E-state index in [-0.39, 0.29) is 24.3 Å². The molecule has 0 heterocycles. The number of benzene rings is 4. The third-order valence-corrected chi connectivity index (χ3v) is 6.13. The fraction of sp³-hybridized carbons (Fsp3) is 0.161. The number of carbonyl (C=O) groups is 2. The van der Waals surface area contributed by atoms with Crippen molar-refractivity contribution in [2.45, 2.75) is 13.8 Å². The number of hydrogen-bond acceptors (Lipinski definition) is 5. The van der Waals surface area contributed by atoms with Crippen molar-refractivity contribution in [1.29, 1.82) is 0 Å². The summed E-state index contributed by atoms with van der Waals surface area (Å²) in [5.74, 6) is -0.853. The van der Waals surface area contributed by atoms with Crippen molar-refractivity contribution in [3.63, 3.8) is 0 Å². The number of methoxy groups -OCH3 is 1. The molecule has 0 saturated heterocycles. The van der Waals surface area contributed by atoms with E-state index in [0.717, 1.165) is 11.1 Å². The lowest BCUT2D eigenvalue weighted by Gasteiger charge is -2.25. The van der Waals surface area contributed by atoms with Gasteiger partial charge in [-0.05, 0) is 42.7 Å². The van der Waals surface area contributed by atoms with Crippen LogP contribution in [0.5, 0.6) is 5.75 Å². The first-order chi connectivity index (χ1) is 18.0. The van der Waals surface area contributed by atoms with Crippen LogP contribution in [0.3, 0.4) is 0 Å². The normalized spacial score (nSPS) is 10.6. The third-order valence-electron chi connectivity index (χ3n) is 5.88. The number of esters is 2. The van der Waals surface area contributed by atoms with Crippen LogP contribution in [-0.4, -0.2) is 32.3 Å². The molecule has 0 saturated carbocycles. The minimum Gasteiger partial charge on any atom is -0.495 e. The quantitative estimate of drug-likeness (QED) is 0.225. The largest absolute Gasteiger partial charge is 0.495 e. The highest BCUT2D eigenvalue weighted by Crippen LogP contribution is 2.49. The van der Waals surface area contributed by atoms with Crippen molar-refractivity contribution in [3.8, 4) is 39.1 Å². The Hall–Kier alpha value is -4.09. The van der Waals surface area contributed by atoms with Crippen LogP contribution < -0.4 is 4.74 Å². The SMILES string of the molecule is CCOC(=O)c1c(OC)c(-c2ccc(Cl)cc2)c(-c2ccccc2)c(C(=O)OCC)c1-c1ccccc1. The standard InChI is InChI=1S/C31H27ClO5/c1-4-36-30(33)27-24(20-12-8-6-9-13-20)26(22-16-18-23(32)19-17-22)29(35-3)28(31(34)37-5-2)25(27)21-14-10-7-11-15-21/h6-19H,4-5H2,1-3H3. The molecule has 0 aliphatic heterocycles. The monoisotopic (exact) mass is 514 g/mol. The van der Waals surface area contributed by atoms with Gasteiger partial charge >= 0.3 is 11.9 Å². The lowest BCUT2D eigenvalue weighted by atomic mass is 9.81. The summed E-state index contributed by atoms with van der Waals surface area (Å²) in [6.07, 6.45) is 0. The molecular formula is C31H27ClO5. The van der Waals surface area contributed by atoms with Gasteiger partial charge in [-0.15, -0.1) is 0 Å². The summed E-state index contributed by atoms with van der Waals surface area (Å²) < 4.78 is 17.0. The zero-order valence-corrected chi connectivity index (χ0v) is 21.7. The second-order valence-corrected chi connectivity index (χ2v) is 8.52. The molecule has 188 valence electrons. The summed E-state index contributed by atoms with van der Waals surface area (Å²) in [6, 6.07) is 25.9. The Morgan fingerprint density at radius 2 is 1.08 bits per heavy atom. The Balaban J connectivity index is 2.30. The fourth-order valence-electron chi connectivity index (χ4n) is 4.42. The van der Waals surface area contributed by atoms with Crippen LogP contribution in [0.1, 0.15) is 34.6 Å². The van der Waals surface area contributed by atoms with Crippen LogP contribution in [0.2, 0.25) is 5.02 Å². The van der Waals surface area contributed by atoms with E-state index >= 15 is 0 Å². The van der Waals surface area contributed by atoms with E-state index in [1.165, 1.54) is 7.11 Å². The van der Waals surface area contributed by atoms with Crippen LogP contribution in [0.4, 0.5) is 0 Å². The van der Waals surface area contributed by atoms with Gasteiger partial charge in [0.25, 0.3) is 0 Å². The number of carbonyl (C=O) groups excluding carboxylic acids is 2. The summed E-state index contributed by atoms with van der Waals surface area (Å²) >= 11 is 6.20. The van der Waals surface area contributed by atoms with Crippen molar-refractivity contribution < 1.29 is 23.8 Å². The van der Waals surface area contributed by atoms with Crippen molar-refractivity contribution in [3.05, 3.63) is 101 Å². The van der Waals surface area contributed by atoms with E-state index in [0.29, 0.717) is 33.0 Å². The molecule has 0 bridgehead atoms. The van der Waals surface area contributed by atoms with E-state index < -0.39 is 11.9 Å². The molecule has 0 fully saturated rings. The summed E-state index contributed by atoms with van der Waals surface area (Å²) in [7, 11) is 1.51. The second-order valence-electron chi connectivity index (χ2n) is 8.09. The molecular weight excluding hydrogens is 488 g/mol. The average molecular weight is 515 g/mol. The Morgan fingerprint density at radius 3 is 1.57 bits per heavy atom. The van der Waals surface area contributed by atoms with Crippen LogP contribution in [-0.2, 0) is 9.47 Å². The Kier molecular flexibility index (Phi) is 8.26. The predicted octanol–water partition coefficient (Wildman–Crippen LogP) is 7.70. The smallest absolute Gasteiger partial charge is 0.342 e. The van der Waals surface area contributed by atoms with E-state index in [2.05, 4.69) is 0 Å². The first-order valence-electron chi connectivity index (χ1n) is 12.0. The molecule has 5 nitrogen and oxygen atoms in total. The van der Waals surface area contributed by atoms with E-state index in [1.807, 2.05) is 72.8 Å². The maximum Gasteiger partial charge on any atom is 0.342 e. The Bertz CT molecular complexity index is 1400. The van der Waals surface area contributed by atoms with Gasteiger partial charge in [0.2, 0.25) is 0 Å². The zero-order valence-electron chi connectivity index (χ0n) is 20.9. The molecule has 0 spiro atoms. The van der Waals surface area contributed by atoms with Gasteiger partial charge in [-0.3, -0.25) is 0 Å². The highest BCUT2D eigenvalue weighted by atomic mass is 35.5. The molecule has 0 radical (unpaired) electrons. The molecule has 0 N–H and O–H groups in total. The molecule has 0 aromatic heterocycles. The van der Waals surface area contributed by atoms with Crippen LogP contribution in [0.25, 0.3) is 33.4 Å². The van der Waals surface area contributed by atoms with Crippen LogP contribution in [0, 0.1) is 0 Å². The molecule has 4 rings (SSSR count). The average Bonchev–Trinajstić information content (AvgIpc) is 2.93. The minimum absolute atomic E-state index is 0.154. The number of halogens is 1. The van der Waals surface area contributed by atoms with Crippen molar-refractivity contribution in [2.24, 2.45) is 0 Å². The second kappa shape index (κ2) is 11.8. The number of ether oxygens (including phenoxy) is 3. The van der Waals surface area contributed by atoms with Gasteiger partial charge in [-0.25, -0.2) is 9.59 Å². The van der Waals surface area contributed by atoms with Gasteiger partial charge < -0.3 is 14.2 Å². The summed E-state index contributed by atoms with van der Waals surface area (Å²) in [5, 5.41) is 0.557. The summed E-state index contributed by atoms with van der Waals surface area (Å²) in [4.78, 5) is 27.3. The topological polar surface area (TPSA) is 61.8 Å². The predicted molar refractivity (Wildman–Crippen MR) is 146 cm³/mol. The van der Waals surface area contributed by atoms with Crippen LogP contribution >= 0.6 is 11.6 Å². The van der Waals surface area contributed by atoms with Gasteiger partial charge in [-0.1, -0.05) is 84.4 Å². The Labute approximate surface area is 221 Å². The van der Waals surface area contributed by atoms with Gasteiger partial charge in [0.05, 0.1) is 25.9 Å². The third kappa shape index (κ3) is 5.23. The lowest BCUT2D eigenvalue weighted by Crippen LogP contribution is -2.17. The summed E-state index contributed by atoms with van der Waals surface area (Å²) in [5.41, 5.74) is 4.10. The first-order valence-corrected chi connectivity index (χ1v) is 12.4. The maximum absolute atomic E-state index is 13.8. The molecule has 0 atom stereocenters. The van der Waals surface area contributed by atoms with E-state index in [1.54, 1.807) is 26.0 Å². The van der Waals surface area contributed by atoms with E-state index in [4.69, 9.17) is 25.8 Å². The van der Waals surface area contributed by atoms with Crippen molar-refractivity contribution in [2.75, 3.05) is 20.3 Å². The van der Waals surface area contributed by atoms with Gasteiger partial charge in [0, 0.05) is 21.7 Å². The van der Waals surface area contributed by atoms with Crippen molar-refractivity contribution in [1.82, 2.24) is 0 Å². The first kappa shape index (κ1) is 26.0. The molecule has 4 aromatic carbocycles. The zero-order chi connectivity index (χ0) is 26.4. The molecule has 6 heteroatoms. The molecule has 0 aliphatic rings. The molecule has 0 unspecified atom stereocenters. The molecule has 0 aliphatic carbocycles. The summed E-state index contributed by atoms with van der Waals surface area (Å²) in [6.45, 7) is 3.80. The Morgan fingerprint density at radius 1 is 0.622 bits per heavy atom. The van der Waals surface area contributed by atoms with Gasteiger partial charge in [-0.2, -0.15) is 0 Å². The van der Waals surface area contributed by atoms with Crippen molar-refractivity contribution >= 4 is 23.5 Å². The lowest BCUT2D eigenvalue weighted by molar-refractivity contribution is 0.0524.